The summed E-state index contributed by atoms with van der Waals surface area (Å²) in [6.07, 6.45) is 1.76. The van der Waals surface area contributed by atoms with Gasteiger partial charge in [-0.1, -0.05) is 6.58 Å². The van der Waals surface area contributed by atoms with Crippen LogP contribution in [0.5, 0.6) is 0 Å². The van der Waals surface area contributed by atoms with Crippen molar-refractivity contribution >= 4 is 10.4 Å². The first-order valence-electron chi connectivity index (χ1n) is 1.52. The molecule has 0 unspecified atom stereocenters. The smallest absolute Gasteiger partial charge is 0.00696 e. The Balaban J connectivity index is 3.45. The summed E-state index contributed by atoms with van der Waals surface area (Å²) in [5.41, 5.74) is 0. The Morgan fingerprint density at radius 2 is 1.83 bits per heavy atom. The Morgan fingerprint density at radius 3 is 1.83 bits per heavy atom. The largest absolute Gasteiger partial charge is 0.281 e. The highest BCUT2D eigenvalue weighted by molar-refractivity contribution is 8.31. The van der Waals surface area contributed by atoms with E-state index in [9.17, 15) is 0 Å². The predicted molar refractivity (Wildman–Crippen MR) is 32.1 cm³/mol. The Morgan fingerprint density at radius 1 is 1.67 bits per heavy atom. The summed E-state index contributed by atoms with van der Waals surface area (Å²) in [6, 6.07) is 0. The minimum atomic E-state index is -1.40. The lowest BCUT2D eigenvalue weighted by Crippen LogP contribution is -2.14. The number of nitrogens with two attached hydrogens (primary N) is 2. The van der Waals surface area contributed by atoms with Gasteiger partial charge in [0.1, 0.15) is 0 Å². The van der Waals surface area contributed by atoms with E-state index >= 15 is 0 Å². The first-order chi connectivity index (χ1) is 2.56. The van der Waals surface area contributed by atoms with Gasteiger partial charge in [0.05, 0.1) is 0 Å². The third kappa shape index (κ3) is 4.01. The minimum absolute atomic E-state index is 1.40. The Bertz CT molecular complexity index is 54.3. The van der Waals surface area contributed by atoms with E-state index in [-0.39, 0.29) is 0 Å². The van der Waals surface area contributed by atoms with Crippen molar-refractivity contribution in [3.05, 3.63) is 12.0 Å². The quantitative estimate of drug-likeness (QED) is 0.505. The van der Waals surface area contributed by atoms with Crippen LogP contribution in [0.4, 0.5) is 0 Å². The van der Waals surface area contributed by atoms with E-state index in [0.717, 1.165) is 0 Å². The summed E-state index contributed by atoms with van der Waals surface area (Å²) < 4.78 is 0. The molecule has 0 amide bonds. The summed E-state index contributed by atoms with van der Waals surface area (Å²) in [7, 11) is -1.40. The highest BCUT2D eigenvalue weighted by atomic mass is 32.3. The van der Waals surface area contributed by atoms with Gasteiger partial charge in [-0.05, 0) is 11.7 Å². The van der Waals surface area contributed by atoms with E-state index in [1.165, 1.54) is 0 Å². The van der Waals surface area contributed by atoms with Crippen molar-refractivity contribution in [2.75, 3.05) is 6.26 Å². The van der Waals surface area contributed by atoms with Gasteiger partial charge in [-0.25, -0.2) is 0 Å². The van der Waals surface area contributed by atoms with E-state index < -0.39 is 10.4 Å². The highest BCUT2D eigenvalue weighted by Gasteiger charge is 1.91. The molecule has 0 aromatic carbocycles. The van der Waals surface area contributed by atoms with Gasteiger partial charge in [-0.15, -0.1) is 10.4 Å². The summed E-state index contributed by atoms with van der Waals surface area (Å²) >= 11 is 0. The monoisotopic (exact) mass is 106 g/mol. The van der Waals surface area contributed by atoms with Crippen molar-refractivity contribution in [3.63, 3.8) is 0 Å². The van der Waals surface area contributed by atoms with E-state index in [4.69, 9.17) is 10.3 Å². The predicted octanol–water partition coefficient (Wildman–Crippen LogP) is 0.312. The Hall–Kier alpha value is 0.01000. The van der Waals surface area contributed by atoms with Crippen molar-refractivity contribution < 1.29 is 0 Å². The molecule has 0 aliphatic heterocycles. The van der Waals surface area contributed by atoms with Gasteiger partial charge in [0, 0.05) is 0 Å². The molecule has 0 heterocycles. The van der Waals surface area contributed by atoms with Crippen LogP contribution in [-0.4, -0.2) is 6.26 Å². The van der Waals surface area contributed by atoms with E-state index in [2.05, 4.69) is 6.58 Å². The number of rotatable bonds is 1. The molecule has 0 radical (unpaired) electrons. The first kappa shape index (κ1) is 6.01. The molecule has 4 N–H and O–H groups in total. The van der Waals surface area contributed by atoms with Gasteiger partial charge in [0.15, 0.2) is 0 Å². The maximum atomic E-state index is 5.28. The fourth-order valence-corrected chi connectivity index (χ4v) is 0. The van der Waals surface area contributed by atoms with Crippen molar-refractivity contribution in [1.82, 2.24) is 0 Å². The molecule has 0 fully saturated rings. The van der Waals surface area contributed by atoms with Gasteiger partial charge in [-0.3, -0.25) is 10.3 Å². The van der Waals surface area contributed by atoms with Crippen LogP contribution in [0.2, 0.25) is 0 Å². The summed E-state index contributed by atoms with van der Waals surface area (Å²) in [5, 5.41) is 12.1. The standard InChI is InChI=1S/C3H10N2S/c1-3-6(2,4)5/h3H,1,4-5H2,2H3. The van der Waals surface area contributed by atoms with Crippen LogP contribution in [0.25, 0.3) is 0 Å². The second-order valence-electron chi connectivity index (χ2n) is 1.28. The zero-order valence-electron chi connectivity index (χ0n) is 3.85. The van der Waals surface area contributed by atoms with Crippen LogP contribution in [0, 0.1) is 0 Å². The maximum absolute atomic E-state index is 5.28. The normalized spacial score (nSPS) is 13.8. The van der Waals surface area contributed by atoms with Crippen LogP contribution >= 0.6 is 10.4 Å². The molecular weight excluding hydrogens is 96.1 g/mol. The van der Waals surface area contributed by atoms with Crippen LogP contribution < -0.4 is 10.3 Å². The molecule has 3 heteroatoms. The molecule has 0 saturated heterocycles. The number of hydrogen-bond acceptors (Lipinski definition) is 2. The topological polar surface area (TPSA) is 52.0 Å². The van der Waals surface area contributed by atoms with Gasteiger partial charge >= 0.3 is 0 Å². The van der Waals surface area contributed by atoms with Gasteiger partial charge in [0.25, 0.3) is 0 Å². The molecule has 6 heavy (non-hydrogen) atoms. The average molecular weight is 106 g/mol. The van der Waals surface area contributed by atoms with Crippen LogP contribution in [0.15, 0.2) is 12.0 Å². The Kier molecular flexibility index (Phi) is 1.64. The lowest BCUT2D eigenvalue weighted by Gasteiger charge is -2.17. The van der Waals surface area contributed by atoms with Gasteiger partial charge < -0.3 is 0 Å². The molecule has 0 saturated carbocycles. The highest BCUT2D eigenvalue weighted by Crippen LogP contribution is 2.23. The molecule has 38 valence electrons. The lowest BCUT2D eigenvalue weighted by atomic mass is 11.3. The second-order valence-corrected chi connectivity index (χ2v) is 3.85. The van der Waals surface area contributed by atoms with E-state index in [1.54, 1.807) is 11.7 Å². The molecule has 0 atom stereocenters. The molecule has 0 aromatic heterocycles. The molecule has 0 aliphatic rings. The fraction of sp³-hybridized carbons (Fsp3) is 0.333. The van der Waals surface area contributed by atoms with Gasteiger partial charge in [0.2, 0.25) is 0 Å². The summed E-state index contributed by atoms with van der Waals surface area (Å²) in [5.74, 6) is 0. The second kappa shape index (κ2) is 1.64. The summed E-state index contributed by atoms with van der Waals surface area (Å²) in [4.78, 5) is 0. The molecule has 0 spiro atoms. The molecule has 0 rings (SSSR count). The lowest BCUT2D eigenvalue weighted by molar-refractivity contribution is 1.78. The molecular formula is C3H10N2S. The van der Waals surface area contributed by atoms with E-state index in [1.807, 2.05) is 0 Å². The maximum Gasteiger partial charge on any atom is -0.00696 e. The fourth-order valence-electron chi connectivity index (χ4n) is 0. The van der Waals surface area contributed by atoms with Crippen molar-refractivity contribution in [2.45, 2.75) is 0 Å². The molecule has 0 aromatic rings. The first-order valence-corrected chi connectivity index (χ1v) is 3.75. The van der Waals surface area contributed by atoms with Crippen molar-refractivity contribution in [2.24, 2.45) is 10.3 Å². The summed E-state index contributed by atoms with van der Waals surface area (Å²) in [6.45, 7) is 3.42. The third-order valence-electron chi connectivity index (χ3n) is 0.359. The minimum Gasteiger partial charge on any atom is -0.281 e. The van der Waals surface area contributed by atoms with Crippen LogP contribution in [0.1, 0.15) is 0 Å². The van der Waals surface area contributed by atoms with Crippen molar-refractivity contribution in [1.29, 1.82) is 0 Å². The third-order valence-corrected chi connectivity index (χ3v) is 1.08. The molecule has 2 nitrogen and oxygen atoms in total. The van der Waals surface area contributed by atoms with Crippen LogP contribution in [-0.2, 0) is 0 Å². The van der Waals surface area contributed by atoms with Crippen molar-refractivity contribution in [3.8, 4) is 0 Å². The van der Waals surface area contributed by atoms with Crippen LogP contribution in [0.3, 0.4) is 0 Å². The Labute approximate surface area is 39.8 Å². The van der Waals surface area contributed by atoms with E-state index in [0.29, 0.717) is 0 Å². The number of hydrogen-bond donors (Lipinski definition) is 2. The SMILES string of the molecule is C=CS(C)(N)N. The molecule has 0 aliphatic carbocycles. The van der Waals surface area contributed by atoms with Gasteiger partial charge in [-0.2, -0.15) is 0 Å². The average Bonchev–Trinajstić information content (AvgIpc) is 1.35. The molecule has 0 bridgehead atoms. The zero-order valence-corrected chi connectivity index (χ0v) is 4.66. The zero-order chi connectivity index (χ0) is 5.21.